The molecule has 4 aromatic rings. The van der Waals surface area contributed by atoms with Gasteiger partial charge in [-0.25, -0.2) is 4.99 Å². The first-order valence-electron chi connectivity index (χ1n) is 10.3. The van der Waals surface area contributed by atoms with Crippen LogP contribution in [0.25, 0.3) is 22.5 Å². The molecule has 1 aromatic heterocycles. The maximum Gasteiger partial charge on any atom is 0.238 e. The third-order valence-electron chi connectivity index (χ3n) is 5.27. The van der Waals surface area contributed by atoms with Gasteiger partial charge in [0.2, 0.25) is 5.88 Å². The number of hydrogen-bond acceptors (Lipinski definition) is 7. The summed E-state index contributed by atoms with van der Waals surface area (Å²) in [5.41, 5.74) is 3.17. The molecule has 0 saturated heterocycles. The number of ether oxygens (including phenoxy) is 3. The van der Waals surface area contributed by atoms with E-state index < -0.39 is 0 Å². The molecule has 170 valence electrons. The van der Waals surface area contributed by atoms with Crippen molar-refractivity contribution in [2.24, 2.45) is 4.99 Å². The van der Waals surface area contributed by atoms with Gasteiger partial charge in [0.25, 0.3) is 0 Å². The van der Waals surface area contributed by atoms with Gasteiger partial charge in [-0.15, -0.1) is 0 Å². The second kappa shape index (κ2) is 9.84. The maximum atomic E-state index is 10.0. The molecule has 1 N–H and O–H groups in total. The lowest BCUT2D eigenvalue weighted by molar-refractivity contribution is 0.373. The highest BCUT2D eigenvalue weighted by atomic mass is 16.5. The molecule has 0 spiro atoms. The number of furan rings is 1. The normalized spacial score (nSPS) is 10.8. The van der Waals surface area contributed by atoms with E-state index in [9.17, 15) is 10.4 Å². The Kier molecular flexibility index (Phi) is 6.51. The quantitative estimate of drug-likeness (QED) is 0.346. The van der Waals surface area contributed by atoms with E-state index in [0.717, 1.165) is 11.1 Å². The molecule has 0 radical (unpaired) electrons. The van der Waals surface area contributed by atoms with Crippen LogP contribution >= 0.6 is 0 Å². The fraction of sp³-hybridized carbons (Fsp3) is 0.111. The zero-order valence-corrected chi connectivity index (χ0v) is 18.9. The van der Waals surface area contributed by atoms with Gasteiger partial charge in [0.05, 0.1) is 21.3 Å². The first kappa shape index (κ1) is 22.5. The Morgan fingerprint density at radius 1 is 0.853 bits per heavy atom. The number of nitrogens with zero attached hydrogens (tertiary/aromatic N) is 2. The maximum absolute atomic E-state index is 10.0. The van der Waals surface area contributed by atoms with Gasteiger partial charge >= 0.3 is 0 Å². The molecule has 0 fully saturated rings. The van der Waals surface area contributed by atoms with Crippen LogP contribution in [0, 0.1) is 11.3 Å². The van der Waals surface area contributed by atoms with Gasteiger partial charge in [-0.05, 0) is 65.7 Å². The van der Waals surface area contributed by atoms with E-state index in [1.807, 2.05) is 48.5 Å². The zero-order chi connectivity index (χ0) is 24.1. The molecule has 7 nitrogen and oxygen atoms in total. The van der Waals surface area contributed by atoms with Crippen molar-refractivity contribution in [2.75, 3.05) is 21.3 Å². The van der Waals surface area contributed by atoms with Crippen LogP contribution in [0.3, 0.4) is 0 Å². The Balaban J connectivity index is 1.85. The Labute approximate surface area is 197 Å². The minimum Gasteiger partial charge on any atom is -0.504 e. The summed E-state index contributed by atoms with van der Waals surface area (Å²) in [5, 5.41) is 19.9. The highest BCUT2D eigenvalue weighted by Gasteiger charge is 2.23. The molecular weight excluding hydrogens is 432 g/mol. The van der Waals surface area contributed by atoms with Crippen molar-refractivity contribution in [2.45, 2.75) is 0 Å². The van der Waals surface area contributed by atoms with E-state index in [1.54, 1.807) is 32.6 Å². The number of hydrogen-bond donors (Lipinski definition) is 1. The number of aliphatic imine (C=N–C) groups is 1. The minimum absolute atomic E-state index is 0.0268. The fourth-order valence-corrected chi connectivity index (χ4v) is 3.50. The zero-order valence-electron chi connectivity index (χ0n) is 18.9. The average Bonchev–Trinajstić information content (AvgIpc) is 3.26. The molecule has 0 saturated carbocycles. The highest BCUT2D eigenvalue weighted by molar-refractivity contribution is 5.90. The molecule has 0 atom stereocenters. The van der Waals surface area contributed by atoms with Crippen molar-refractivity contribution in [3.63, 3.8) is 0 Å². The average molecular weight is 454 g/mol. The van der Waals surface area contributed by atoms with Crippen LogP contribution in [0.4, 0.5) is 5.88 Å². The molecular formula is C27H22N2O5. The summed E-state index contributed by atoms with van der Waals surface area (Å²) in [4.78, 5) is 4.45. The Bertz CT molecular complexity index is 1360. The molecule has 3 aromatic carbocycles. The number of benzene rings is 3. The predicted octanol–water partition coefficient (Wildman–Crippen LogP) is 5.97. The monoisotopic (exact) mass is 454 g/mol. The topological polar surface area (TPSA) is 97.2 Å². The number of rotatable bonds is 7. The molecule has 4 rings (SSSR count). The van der Waals surface area contributed by atoms with E-state index in [0.29, 0.717) is 39.7 Å². The molecule has 7 heteroatoms. The molecule has 1 heterocycles. The smallest absolute Gasteiger partial charge is 0.238 e. The van der Waals surface area contributed by atoms with Gasteiger partial charge in [-0.3, -0.25) is 0 Å². The van der Waals surface area contributed by atoms with Crippen LogP contribution in [0.2, 0.25) is 0 Å². The Morgan fingerprint density at radius 2 is 1.47 bits per heavy atom. The van der Waals surface area contributed by atoms with Gasteiger partial charge in [0.15, 0.2) is 11.5 Å². The van der Waals surface area contributed by atoms with Crippen molar-refractivity contribution in [1.82, 2.24) is 0 Å². The largest absolute Gasteiger partial charge is 0.504 e. The fourth-order valence-electron chi connectivity index (χ4n) is 3.50. The lowest BCUT2D eigenvalue weighted by atomic mass is 9.98. The summed E-state index contributed by atoms with van der Waals surface area (Å²) >= 11 is 0. The van der Waals surface area contributed by atoms with Crippen LogP contribution < -0.4 is 14.2 Å². The molecule has 0 unspecified atom stereocenters. The van der Waals surface area contributed by atoms with E-state index in [2.05, 4.69) is 11.1 Å². The second-order valence-electron chi connectivity index (χ2n) is 7.24. The van der Waals surface area contributed by atoms with E-state index in [1.165, 1.54) is 13.2 Å². The number of methoxy groups -OCH3 is 3. The van der Waals surface area contributed by atoms with Crippen LogP contribution in [-0.2, 0) is 0 Å². The van der Waals surface area contributed by atoms with Crippen LogP contribution in [-0.4, -0.2) is 32.7 Å². The molecule has 0 aliphatic carbocycles. The first-order valence-corrected chi connectivity index (χ1v) is 10.3. The van der Waals surface area contributed by atoms with E-state index in [-0.39, 0.29) is 11.6 Å². The van der Waals surface area contributed by atoms with Crippen LogP contribution in [0.1, 0.15) is 11.1 Å². The van der Waals surface area contributed by atoms with Gasteiger partial charge in [0, 0.05) is 17.3 Å². The van der Waals surface area contributed by atoms with Gasteiger partial charge in [-0.2, -0.15) is 5.26 Å². The summed E-state index contributed by atoms with van der Waals surface area (Å²) in [6.45, 7) is 0. The summed E-state index contributed by atoms with van der Waals surface area (Å²) < 4.78 is 21.8. The summed E-state index contributed by atoms with van der Waals surface area (Å²) in [5.74, 6) is 2.45. The summed E-state index contributed by atoms with van der Waals surface area (Å²) in [6.07, 6.45) is 1.55. The Hall–Kier alpha value is -4.70. The summed E-state index contributed by atoms with van der Waals surface area (Å²) in [7, 11) is 4.67. The van der Waals surface area contributed by atoms with Crippen molar-refractivity contribution in [3.05, 3.63) is 77.9 Å². The summed E-state index contributed by atoms with van der Waals surface area (Å²) in [6, 6.07) is 21.9. The number of phenols is 1. The van der Waals surface area contributed by atoms with Gasteiger partial charge < -0.3 is 23.7 Å². The second-order valence-corrected chi connectivity index (χ2v) is 7.24. The third kappa shape index (κ3) is 4.43. The van der Waals surface area contributed by atoms with Crippen LogP contribution in [0.15, 0.2) is 76.1 Å². The number of nitriles is 1. The lowest BCUT2D eigenvalue weighted by Gasteiger charge is -2.06. The number of phenolic OH excluding ortho intramolecular Hbond substituents is 1. The number of aromatic hydroxyl groups is 1. The first-order chi connectivity index (χ1) is 16.6. The van der Waals surface area contributed by atoms with Gasteiger partial charge in [-0.1, -0.05) is 12.1 Å². The van der Waals surface area contributed by atoms with Crippen molar-refractivity contribution in [3.8, 4) is 51.5 Å². The Morgan fingerprint density at radius 3 is 2.03 bits per heavy atom. The van der Waals surface area contributed by atoms with Crippen molar-refractivity contribution < 1.29 is 23.7 Å². The van der Waals surface area contributed by atoms with Crippen LogP contribution in [0.5, 0.6) is 23.0 Å². The molecule has 0 amide bonds. The lowest BCUT2D eigenvalue weighted by Crippen LogP contribution is -1.87. The highest BCUT2D eigenvalue weighted by Crippen LogP contribution is 2.43. The third-order valence-corrected chi connectivity index (χ3v) is 5.27. The molecule has 0 aliphatic rings. The van der Waals surface area contributed by atoms with Crippen molar-refractivity contribution in [1.29, 1.82) is 5.26 Å². The minimum atomic E-state index is 0.0268. The van der Waals surface area contributed by atoms with Gasteiger partial charge in [0.1, 0.15) is 28.9 Å². The standard InChI is InChI=1S/C27H22N2O5/c1-31-20-9-5-18(6-10-20)25-22(15-28)27(29-16-17-4-13-23(30)24(14-17)33-3)34-26(25)19-7-11-21(32-2)12-8-19/h4-14,16,30H,1-3H3. The molecule has 0 aliphatic heterocycles. The molecule has 34 heavy (non-hydrogen) atoms. The SMILES string of the molecule is COc1ccc(-c2oc(N=Cc3ccc(O)c(OC)c3)c(C#N)c2-c2ccc(OC)cc2)cc1. The van der Waals surface area contributed by atoms with E-state index in [4.69, 9.17) is 18.6 Å². The van der Waals surface area contributed by atoms with E-state index >= 15 is 0 Å². The molecule has 0 bridgehead atoms. The van der Waals surface area contributed by atoms with Crippen molar-refractivity contribution >= 4 is 12.1 Å². The predicted molar refractivity (Wildman–Crippen MR) is 129 cm³/mol.